The Balaban J connectivity index is 1.89. The number of ether oxygens (including phenoxy) is 1. The fourth-order valence-corrected chi connectivity index (χ4v) is 5.21. The van der Waals surface area contributed by atoms with E-state index in [9.17, 15) is 23.3 Å². The van der Waals surface area contributed by atoms with Crippen molar-refractivity contribution in [1.29, 1.82) is 0 Å². The van der Waals surface area contributed by atoms with Crippen LogP contribution in [0.25, 0.3) is 10.2 Å². The van der Waals surface area contributed by atoms with E-state index in [-0.39, 0.29) is 22.8 Å². The van der Waals surface area contributed by atoms with Gasteiger partial charge >= 0.3 is 0 Å². The minimum Gasteiger partial charge on any atom is -0.380 e. The third kappa shape index (κ3) is 5.63. The van der Waals surface area contributed by atoms with E-state index < -0.39 is 20.7 Å². The molecule has 9 nitrogen and oxygen atoms in total. The van der Waals surface area contributed by atoms with E-state index >= 15 is 0 Å². The Morgan fingerprint density at radius 2 is 1.97 bits per heavy atom. The summed E-state index contributed by atoms with van der Waals surface area (Å²) >= 11 is 1.21. The van der Waals surface area contributed by atoms with Crippen molar-refractivity contribution in [2.75, 3.05) is 19.0 Å². The number of carbonyl (C=O) groups is 1. The highest BCUT2D eigenvalue weighted by Gasteiger charge is 2.17. The third-order valence-electron chi connectivity index (χ3n) is 4.45. The average Bonchev–Trinajstić information content (AvgIpc) is 3.09. The first kappa shape index (κ1) is 22.8. The van der Waals surface area contributed by atoms with Gasteiger partial charge in [-0.25, -0.2) is 8.42 Å². The van der Waals surface area contributed by atoms with Crippen LogP contribution in [0.5, 0.6) is 0 Å². The fourth-order valence-electron chi connectivity index (χ4n) is 2.90. The minimum atomic E-state index is -3.59. The van der Waals surface area contributed by atoms with Gasteiger partial charge in [0.15, 0.2) is 14.6 Å². The molecule has 0 atom stereocenters. The number of nitro groups is 1. The number of benzene rings is 2. The molecule has 0 N–H and O–H groups in total. The predicted octanol–water partition coefficient (Wildman–Crippen LogP) is 2.94. The van der Waals surface area contributed by atoms with Crippen molar-refractivity contribution in [3.05, 3.63) is 63.4 Å². The lowest BCUT2D eigenvalue weighted by Crippen LogP contribution is -2.20. The van der Waals surface area contributed by atoms with E-state index in [0.29, 0.717) is 30.1 Å². The van der Waals surface area contributed by atoms with Crippen LogP contribution in [-0.2, 0) is 25.9 Å². The van der Waals surface area contributed by atoms with E-state index in [2.05, 4.69) is 4.99 Å². The number of hydrogen-bond acceptors (Lipinski definition) is 7. The molecule has 0 aliphatic carbocycles. The summed E-state index contributed by atoms with van der Waals surface area (Å²) in [6.45, 7) is 3.05. The van der Waals surface area contributed by atoms with Gasteiger partial charge in [0.2, 0.25) is 5.91 Å². The molecule has 0 saturated heterocycles. The second-order valence-corrected chi connectivity index (χ2v) is 9.65. The molecule has 1 heterocycles. The second kappa shape index (κ2) is 9.94. The Bertz CT molecular complexity index is 1260. The molecule has 31 heavy (non-hydrogen) atoms. The molecule has 0 aliphatic rings. The highest BCUT2D eigenvalue weighted by Crippen LogP contribution is 2.23. The lowest BCUT2D eigenvalue weighted by atomic mass is 10.3. The molecule has 0 unspecified atom stereocenters. The SMILES string of the molecule is CCOCCn1c(=NC(=O)CCS(=O)(=O)c2ccccc2)sc2ccc([N+](=O)[O-])cc21. The molecule has 1 amide bonds. The molecule has 11 heteroatoms. The van der Waals surface area contributed by atoms with Gasteiger partial charge in [0.05, 0.1) is 32.4 Å². The smallest absolute Gasteiger partial charge is 0.271 e. The lowest BCUT2D eigenvalue weighted by molar-refractivity contribution is -0.384. The van der Waals surface area contributed by atoms with Crippen LogP contribution in [0.4, 0.5) is 5.69 Å². The third-order valence-corrected chi connectivity index (χ3v) is 7.24. The van der Waals surface area contributed by atoms with Crippen molar-refractivity contribution >= 4 is 43.0 Å². The maximum Gasteiger partial charge on any atom is 0.271 e. The molecular formula is C20H21N3O6S2. The molecule has 164 valence electrons. The monoisotopic (exact) mass is 463 g/mol. The van der Waals surface area contributed by atoms with Gasteiger partial charge in [0.25, 0.3) is 5.69 Å². The summed E-state index contributed by atoms with van der Waals surface area (Å²) in [5, 5.41) is 11.1. The summed E-state index contributed by atoms with van der Waals surface area (Å²) in [6, 6.07) is 12.4. The van der Waals surface area contributed by atoms with E-state index in [1.54, 1.807) is 28.8 Å². The van der Waals surface area contributed by atoms with Crippen molar-refractivity contribution in [3.8, 4) is 0 Å². The largest absolute Gasteiger partial charge is 0.380 e. The zero-order valence-electron chi connectivity index (χ0n) is 16.8. The van der Waals surface area contributed by atoms with Gasteiger partial charge in [0.1, 0.15) is 0 Å². The van der Waals surface area contributed by atoms with Crippen LogP contribution in [-0.4, -0.2) is 42.8 Å². The summed E-state index contributed by atoms with van der Waals surface area (Å²) in [7, 11) is -3.59. The number of rotatable bonds is 9. The molecule has 0 aliphatic heterocycles. The summed E-state index contributed by atoms with van der Waals surface area (Å²) < 4.78 is 32.6. The van der Waals surface area contributed by atoms with Gasteiger partial charge in [-0.2, -0.15) is 4.99 Å². The summed E-state index contributed by atoms with van der Waals surface area (Å²) in [6.07, 6.45) is -0.267. The van der Waals surface area contributed by atoms with Crippen molar-refractivity contribution in [1.82, 2.24) is 4.57 Å². The summed E-state index contributed by atoms with van der Waals surface area (Å²) in [5.74, 6) is -0.931. The fraction of sp³-hybridized carbons (Fsp3) is 0.300. The Morgan fingerprint density at radius 3 is 2.65 bits per heavy atom. The number of sulfone groups is 1. The quantitative estimate of drug-likeness (QED) is 0.273. The van der Waals surface area contributed by atoms with Gasteiger partial charge in [-0.15, -0.1) is 0 Å². The normalized spacial score (nSPS) is 12.4. The first-order chi connectivity index (χ1) is 14.8. The van der Waals surface area contributed by atoms with E-state index in [1.807, 2.05) is 6.92 Å². The number of fused-ring (bicyclic) bond motifs is 1. The first-order valence-electron chi connectivity index (χ1n) is 9.52. The Hall–Kier alpha value is -2.89. The molecule has 3 rings (SSSR count). The van der Waals surface area contributed by atoms with E-state index in [1.165, 1.54) is 35.6 Å². The standard InChI is InChI=1S/C20H21N3O6S2/c1-2-29-12-11-22-17-14-15(23(25)26)8-9-18(17)30-20(22)21-19(24)10-13-31(27,28)16-6-4-3-5-7-16/h3-9,14H,2,10-13H2,1H3. The van der Waals surface area contributed by atoms with Crippen molar-refractivity contribution in [2.45, 2.75) is 24.8 Å². The van der Waals surface area contributed by atoms with Crippen LogP contribution >= 0.6 is 11.3 Å². The van der Waals surface area contributed by atoms with Gasteiger partial charge in [-0.3, -0.25) is 14.9 Å². The van der Waals surface area contributed by atoms with Crippen LogP contribution in [0.15, 0.2) is 58.4 Å². The van der Waals surface area contributed by atoms with Crippen LogP contribution in [0.2, 0.25) is 0 Å². The van der Waals surface area contributed by atoms with Gasteiger partial charge in [-0.1, -0.05) is 29.5 Å². The topological polar surface area (TPSA) is 121 Å². The number of aromatic nitrogens is 1. The van der Waals surface area contributed by atoms with Gasteiger partial charge in [0, 0.05) is 31.7 Å². The average molecular weight is 464 g/mol. The molecule has 0 radical (unpaired) electrons. The maximum absolute atomic E-state index is 12.4. The number of non-ortho nitro benzene ring substituents is 1. The number of hydrogen-bond donors (Lipinski definition) is 0. The van der Waals surface area contributed by atoms with E-state index in [0.717, 1.165) is 4.70 Å². The summed E-state index contributed by atoms with van der Waals surface area (Å²) in [4.78, 5) is 27.7. The van der Waals surface area contributed by atoms with E-state index in [4.69, 9.17) is 4.74 Å². The lowest BCUT2D eigenvalue weighted by Gasteiger charge is -2.05. The second-order valence-electron chi connectivity index (χ2n) is 6.53. The van der Waals surface area contributed by atoms with Gasteiger partial charge < -0.3 is 9.30 Å². The number of nitrogens with zero attached hydrogens (tertiary/aromatic N) is 3. The van der Waals surface area contributed by atoms with Crippen LogP contribution in [0.1, 0.15) is 13.3 Å². The molecule has 0 fully saturated rings. The highest BCUT2D eigenvalue weighted by atomic mass is 32.2. The summed E-state index contributed by atoms with van der Waals surface area (Å²) in [5.41, 5.74) is 0.504. The minimum absolute atomic E-state index is 0.0673. The zero-order valence-corrected chi connectivity index (χ0v) is 18.4. The number of carbonyl (C=O) groups excluding carboxylic acids is 1. The molecule has 0 spiro atoms. The molecule has 0 bridgehead atoms. The van der Waals surface area contributed by atoms with Crippen LogP contribution in [0, 0.1) is 10.1 Å². The molecule has 2 aromatic carbocycles. The predicted molar refractivity (Wildman–Crippen MR) is 117 cm³/mol. The number of thiazole rings is 1. The number of nitro benzene ring substituents is 1. The van der Waals surface area contributed by atoms with Crippen molar-refractivity contribution in [2.24, 2.45) is 4.99 Å². The Kier molecular flexibility index (Phi) is 7.31. The molecular weight excluding hydrogens is 442 g/mol. The van der Waals surface area contributed by atoms with Gasteiger partial charge in [-0.05, 0) is 25.1 Å². The Labute approximate surface area is 182 Å². The molecule has 3 aromatic rings. The van der Waals surface area contributed by atoms with Crippen molar-refractivity contribution in [3.63, 3.8) is 0 Å². The molecule has 0 saturated carbocycles. The van der Waals surface area contributed by atoms with Crippen LogP contribution < -0.4 is 4.80 Å². The van der Waals surface area contributed by atoms with Crippen LogP contribution in [0.3, 0.4) is 0 Å². The van der Waals surface area contributed by atoms with Crippen molar-refractivity contribution < 1.29 is 22.9 Å². The Morgan fingerprint density at radius 1 is 1.23 bits per heavy atom. The molecule has 1 aromatic heterocycles. The first-order valence-corrected chi connectivity index (χ1v) is 12.0. The zero-order chi connectivity index (χ0) is 22.4. The maximum atomic E-state index is 12.4. The number of amides is 1. The highest BCUT2D eigenvalue weighted by molar-refractivity contribution is 7.91.